The summed E-state index contributed by atoms with van der Waals surface area (Å²) in [4.78, 5) is 14.0. The second-order valence-corrected chi connectivity index (χ2v) is 9.65. The highest BCUT2D eigenvalue weighted by Gasteiger charge is 2.39. The van der Waals surface area contributed by atoms with Crippen LogP contribution in [0, 0.1) is 5.82 Å². The van der Waals surface area contributed by atoms with Crippen LogP contribution in [0.25, 0.3) is 11.1 Å². The number of sulfonamides is 1. The maximum Gasteiger partial charge on any atom is 0.416 e. The summed E-state index contributed by atoms with van der Waals surface area (Å²) in [5.41, 5.74) is -1.15. The number of hydrogen-bond acceptors (Lipinski definition) is 4. The first kappa shape index (κ1) is 24.0. The van der Waals surface area contributed by atoms with Crippen LogP contribution in [-0.4, -0.2) is 52.5 Å². The number of anilines is 1. The molecule has 0 saturated heterocycles. The van der Waals surface area contributed by atoms with Crippen molar-refractivity contribution < 1.29 is 30.8 Å². The van der Waals surface area contributed by atoms with Crippen LogP contribution in [-0.2, 0) is 21.0 Å². The van der Waals surface area contributed by atoms with Crippen molar-refractivity contribution >= 4 is 21.6 Å². The molecule has 0 spiro atoms. The predicted molar refractivity (Wildman–Crippen MR) is 112 cm³/mol. The van der Waals surface area contributed by atoms with Crippen LogP contribution >= 0.6 is 0 Å². The minimum absolute atomic E-state index is 0.0437. The Kier molecular flexibility index (Phi) is 6.52. The molecule has 1 heterocycles. The molecule has 11 heteroatoms. The standard InChI is InChI=1S/C21H23F4N3O3S/c1-4-15(11-27(2)3)26-20(29)12-28-18-8-5-13(21(23,24)25)9-17(18)16-7-6-14(22)10-19(16)32(28,30)31/h5-10,15H,4,11-12H2,1-3H3,(H,26,29). The molecule has 0 aliphatic carbocycles. The number of carbonyl (C=O) groups is 1. The Morgan fingerprint density at radius 3 is 2.41 bits per heavy atom. The Morgan fingerprint density at radius 2 is 1.81 bits per heavy atom. The third-order valence-electron chi connectivity index (χ3n) is 5.13. The van der Waals surface area contributed by atoms with Crippen LogP contribution in [0.3, 0.4) is 0 Å². The Bertz CT molecular complexity index is 1130. The van der Waals surface area contributed by atoms with E-state index in [0.717, 1.165) is 40.7 Å². The Hall–Kier alpha value is -2.66. The van der Waals surface area contributed by atoms with Crippen molar-refractivity contribution in [2.75, 3.05) is 31.5 Å². The van der Waals surface area contributed by atoms with E-state index in [4.69, 9.17) is 0 Å². The SMILES string of the molecule is CCC(CN(C)C)NC(=O)CN1c2ccc(C(F)(F)F)cc2-c2ccc(F)cc2S1(=O)=O. The van der Waals surface area contributed by atoms with Gasteiger partial charge in [-0.25, -0.2) is 12.8 Å². The molecule has 3 rings (SSSR count). The largest absolute Gasteiger partial charge is 0.416 e. The fraction of sp³-hybridized carbons (Fsp3) is 0.381. The molecule has 174 valence electrons. The number of hydrogen-bond donors (Lipinski definition) is 1. The van der Waals surface area contributed by atoms with Crippen molar-refractivity contribution in [3.05, 3.63) is 47.8 Å². The van der Waals surface area contributed by atoms with Crippen molar-refractivity contribution in [2.24, 2.45) is 0 Å². The topological polar surface area (TPSA) is 69.7 Å². The molecule has 6 nitrogen and oxygen atoms in total. The second kappa shape index (κ2) is 8.70. The highest BCUT2D eigenvalue weighted by atomic mass is 32.2. The zero-order valence-corrected chi connectivity index (χ0v) is 18.5. The van der Waals surface area contributed by atoms with Crippen molar-refractivity contribution in [2.45, 2.75) is 30.5 Å². The lowest BCUT2D eigenvalue weighted by Gasteiger charge is -2.32. The van der Waals surface area contributed by atoms with Gasteiger partial charge >= 0.3 is 6.18 Å². The lowest BCUT2D eigenvalue weighted by Crippen LogP contribution is -2.47. The number of fused-ring (bicyclic) bond motifs is 3. The van der Waals surface area contributed by atoms with E-state index < -0.39 is 44.9 Å². The number of likely N-dealkylation sites (N-methyl/N-ethyl adjacent to an activating group) is 1. The number of rotatable bonds is 6. The molecular formula is C21H23F4N3O3S. The van der Waals surface area contributed by atoms with Crippen molar-refractivity contribution in [1.29, 1.82) is 0 Å². The molecule has 0 bridgehead atoms. The number of nitrogens with zero attached hydrogens (tertiary/aromatic N) is 2. The molecule has 0 fully saturated rings. The van der Waals surface area contributed by atoms with Gasteiger partial charge in [0.2, 0.25) is 5.91 Å². The van der Waals surface area contributed by atoms with Gasteiger partial charge in [-0.2, -0.15) is 13.2 Å². The van der Waals surface area contributed by atoms with E-state index >= 15 is 0 Å². The van der Waals surface area contributed by atoms with E-state index in [9.17, 15) is 30.8 Å². The van der Waals surface area contributed by atoms with Crippen molar-refractivity contribution in [3.63, 3.8) is 0 Å². The first-order chi connectivity index (χ1) is 14.8. The van der Waals surface area contributed by atoms with Crippen LogP contribution in [0.2, 0.25) is 0 Å². The normalized spacial score (nSPS) is 15.8. The van der Waals surface area contributed by atoms with Gasteiger partial charge in [-0.1, -0.05) is 13.0 Å². The highest BCUT2D eigenvalue weighted by Crippen LogP contribution is 2.45. The lowest BCUT2D eigenvalue weighted by molar-refractivity contribution is -0.137. The summed E-state index contributed by atoms with van der Waals surface area (Å²) in [6, 6.07) is 5.20. The van der Waals surface area contributed by atoms with Gasteiger partial charge in [-0.05, 0) is 50.8 Å². The minimum Gasteiger partial charge on any atom is -0.351 e. The molecule has 0 radical (unpaired) electrons. The minimum atomic E-state index is -4.66. The van der Waals surface area contributed by atoms with Gasteiger partial charge in [-0.15, -0.1) is 0 Å². The first-order valence-electron chi connectivity index (χ1n) is 9.82. The zero-order valence-electron chi connectivity index (χ0n) is 17.7. The maximum atomic E-state index is 13.9. The quantitative estimate of drug-likeness (QED) is 0.653. The first-order valence-corrected chi connectivity index (χ1v) is 11.3. The fourth-order valence-corrected chi connectivity index (χ4v) is 5.28. The average molecular weight is 473 g/mol. The zero-order chi connectivity index (χ0) is 23.8. The molecule has 0 aromatic heterocycles. The summed E-state index contributed by atoms with van der Waals surface area (Å²) in [5.74, 6) is -1.47. The molecule has 0 saturated carbocycles. The summed E-state index contributed by atoms with van der Waals surface area (Å²) in [6.45, 7) is 1.73. The highest BCUT2D eigenvalue weighted by molar-refractivity contribution is 7.93. The van der Waals surface area contributed by atoms with Gasteiger partial charge in [0.1, 0.15) is 12.4 Å². The predicted octanol–water partition coefficient (Wildman–Crippen LogP) is 3.48. The van der Waals surface area contributed by atoms with E-state index in [0.29, 0.717) is 13.0 Å². The van der Waals surface area contributed by atoms with Gasteiger partial charge in [0.05, 0.1) is 16.1 Å². The molecule has 1 unspecified atom stereocenters. The van der Waals surface area contributed by atoms with Gasteiger partial charge < -0.3 is 10.2 Å². The van der Waals surface area contributed by atoms with E-state index in [1.165, 1.54) is 0 Å². The molecule has 1 aliphatic heterocycles. The van der Waals surface area contributed by atoms with E-state index in [1.54, 1.807) is 0 Å². The number of carbonyl (C=O) groups excluding carboxylic acids is 1. The van der Waals surface area contributed by atoms with Gasteiger partial charge in [-0.3, -0.25) is 9.10 Å². The van der Waals surface area contributed by atoms with Crippen LogP contribution in [0.5, 0.6) is 0 Å². The summed E-state index contributed by atoms with van der Waals surface area (Å²) in [5, 5.41) is 2.74. The smallest absolute Gasteiger partial charge is 0.351 e. The molecule has 1 atom stereocenters. The number of amides is 1. The second-order valence-electron chi connectivity index (χ2n) is 7.82. The molecule has 1 amide bonds. The summed E-state index contributed by atoms with van der Waals surface area (Å²) >= 11 is 0. The molecular weight excluding hydrogens is 450 g/mol. The maximum absolute atomic E-state index is 13.9. The number of alkyl halides is 3. The third kappa shape index (κ3) is 4.73. The van der Waals surface area contributed by atoms with Crippen molar-refractivity contribution in [3.8, 4) is 11.1 Å². The lowest BCUT2D eigenvalue weighted by atomic mass is 10.00. The number of halogens is 4. The van der Waals surface area contributed by atoms with Crippen molar-refractivity contribution in [1.82, 2.24) is 10.2 Å². The van der Waals surface area contributed by atoms with Gasteiger partial charge in [0.15, 0.2) is 0 Å². The average Bonchev–Trinajstić information content (AvgIpc) is 2.69. The van der Waals surface area contributed by atoms with E-state index in [-0.39, 0.29) is 22.9 Å². The number of nitrogens with one attached hydrogen (secondary N) is 1. The van der Waals surface area contributed by atoms with Crippen LogP contribution in [0.1, 0.15) is 18.9 Å². The number of benzene rings is 2. The third-order valence-corrected chi connectivity index (χ3v) is 6.92. The van der Waals surface area contributed by atoms with Gasteiger partial charge in [0.25, 0.3) is 10.0 Å². The van der Waals surface area contributed by atoms with E-state index in [1.807, 2.05) is 25.9 Å². The van der Waals surface area contributed by atoms with Crippen LogP contribution in [0.15, 0.2) is 41.3 Å². The van der Waals surface area contributed by atoms with Crippen LogP contribution < -0.4 is 9.62 Å². The monoisotopic (exact) mass is 473 g/mol. The fourth-order valence-electron chi connectivity index (χ4n) is 3.62. The Labute approximate surface area is 183 Å². The molecule has 32 heavy (non-hydrogen) atoms. The molecule has 1 N–H and O–H groups in total. The molecule has 1 aliphatic rings. The van der Waals surface area contributed by atoms with E-state index in [2.05, 4.69) is 5.32 Å². The summed E-state index contributed by atoms with van der Waals surface area (Å²) < 4.78 is 80.9. The summed E-state index contributed by atoms with van der Waals surface area (Å²) in [7, 11) is -0.740. The Balaban J connectivity index is 2.07. The molecule has 2 aromatic rings. The van der Waals surface area contributed by atoms with Crippen LogP contribution in [0.4, 0.5) is 23.2 Å². The van der Waals surface area contributed by atoms with Gasteiger partial charge in [0, 0.05) is 23.7 Å². The summed E-state index contributed by atoms with van der Waals surface area (Å²) in [6.07, 6.45) is -4.06. The molecule has 2 aromatic carbocycles. The Morgan fingerprint density at radius 1 is 1.12 bits per heavy atom.